The molecule has 0 aliphatic carbocycles. The number of hydrogen-bond acceptors (Lipinski definition) is 1. The third-order valence-electron chi connectivity index (χ3n) is 2.09. The third-order valence-corrected chi connectivity index (χ3v) is 2.86. The van der Waals surface area contributed by atoms with E-state index >= 15 is 0 Å². The van der Waals surface area contributed by atoms with Gasteiger partial charge in [-0.05, 0) is 6.26 Å². The van der Waals surface area contributed by atoms with Crippen molar-refractivity contribution in [3.05, 3.63) is 36.7 Å². The molecule has 2 nitrogen and oxygen atoms in total. The van der Waals surface area contributed by atoms with Gasteiger partial charge in [0, 0.05) is 32.7 Å². The molecule has 0 bridgehead atoms. The van der Waals surface area contributed by atoms with Crippen molar-refractivity contribution in [2.24, 2.45) is 7.05 Å². The van der Waals surface area contributed by atoms with Gasteiger partial charge in [0.25, 0.3) is 0 Å². The summed E-state index contributed by atoms with van der Waals surface area (Å²) in [6.45, 7) is 0. The number of aromatic nitrogens is 2. The zero-order valence-electron chi connectivity index (χ0n) is 8.77. The Bertz CT molecular complexity index is 440. The quantitative estimate of drug-likeness (QED) is 0.476. The molecule has 0 aromatic carbocycles. The monoisotopic (exact) mass is 292 g/mol. The van der Waals surface area contributed by atoms with Crippen LogP contribution in [-0.4, -0.2) is 6.26 Å². The van der Waals surface area contributed by atoms with E-state index in [9.17, 15) is 0 Å². The molecule has 0 aliphatic heterocycles. The Balaban J connectivity index is 0.00000112. The smallest absolute Gasteiger partial charge is 0.135 e. The topological polar surface area (TPSA) is 18.0 Å². The molecule has 0 unspecified atom stereocenters. The summed E-state index contributed by atoms with van der Waals surface area (Å²) < 4.78 is 2.03. The average molecular weight is 292 g/mol. The van der Waals surface area contributed by atoms with E-state index in [4.69, 9.17) is 0 Å². The van der Waals surface area contributed by atoms with Crippen LogP contribution in [0.15, 0.2) is 35.5 Å². The summed E-state index contributed by atoms with van der Waals surface area (Å²) in [4.78, 5) is 5.54. The Kier molecular flexibility index (Phi) is 5.03. The molecule has 15 heavy (non-hydrogen) atoms. The Morgan fingerprint density at radius 2 is 2.27 bits per heavy atom. The fourth-order valence-electron chi connectivity index (χ4n) is 1.38. The molecule has 0 spiro atoms. The Labute approximate surface area is 119 Å². The Morgan fingerprint density at radius 1 is 1.47 bits per heavy atom. The van der Waals surface area contributed by atoms with Crippen LogP contribution in [0.25, 0.3) is 11.4 Å². The van der Waals surface area contributed by atoms with E-state index in [2.05, 4.69) is 17.3 Å². The maximum atomic E-state index is 4.35. The molecule has 2 aromatic rings. The van der Waals surface area contributed by atoms with Crippen LogP contribution in [0, 0.1) is 6.07 Å². The number of aryl methyl sites for hydroxylation is 1. The first kappa shape index (κ1) is 13.0. The predicted molar refractivity (Wildman–Crippen MR) is 57.0 cm³/mol. The Morgan fingerprint density at radius 3 is 2.93 bits per heavy atom. The summed E-state index contributed by atoms with van der Waals surface area (Å²) >= 11 is 1.71. The SMILES string of the molecule is CSc1cc[n-]c1-c1[c-]ccc[n+]1C.[Y]. The molecule has 2 rings (SSSR count). The van der Waals surface area contributed by atoms with Crippen LogP contribution in [0.4, 0.5) is 0 Å². The minimum absolute atomic E-state index is 0. The summed E-state index contributed by atoms with van der Waals surface area (Å²) in [5.74, 6) is 0. The van der Waals surface area contributed by atoms with Crippen molar-refractivity contribution >= 4 is 11.8 Å². The molecule has 0 aliphatic rings. The number of nitrogens with zero attached hydrogens (tertiary/aromatic N) is 2. The van der Waals surface area contributed by atoms with Crippen molar-refractivity contribution in [2.45, 2.75) is 4.90 Å². The molecule has 75 valence electrons. The first-order valence-corrected chi connectivity index (χ1v) is 5.58. The first-order chi connectivity index (χ1) is 6.83. The minimum Gasteiger partial charge on any atom is -0.716 e. The second-order valence-corrected chi connectivity index (χ2v) is 3.82. The van der Waals surface area contributed by atoms with Crippen LogP contribution in [0.1, 0.15) is 0 Å². The molecule has 0 saturated carbocycles. The summed E-state index contributed by atoms with van der Waals surface area (Å²) in [6, 6.07) is 9.10. The zero-order valence-corrected chi connectivity index (χ0v) is 12.4. The normalized spacial score (nSPS) is 9.73. The van der Waals surface area contributed by atoms with E-state index in [1.54, 1.807) is 11.8 Å². The number of rotatable bonds is 2. The van der Waals surface area contributed by atoms with Crippen molar-refractivity contribution in [2.75, 3.05) is 6.26 Å². The second-order valence-electron chi connectivity index (χ2n) is 2.97. The van der Waals surface area contributed by atoms with E-state index in [1.165, 1.54) is 4.90 Å². The van der Waals surface area contributed by atoms with Crippen molar-refractivity contribution in [1.82, 2.24) is 4.98 Å². The summed E-state index contributed by atoms with van der Waals surface area (Å²) in [7, 11) is 2.00. The van der Waals surface area contributed by atoms with E-state index in [0.29, 0.717) is 0 Å². The molecular weight excluding hydrogens is 281 g/mol. The second kappa shape index (κ2) is 5.83. The largest absolute Gasteiger partial charge is 0.716 e. The van der Waals surface area contributed by atoms with Gasteiger partial charge in [-0.2, -0.15) is 18.0 Å². The molecule has 2 heterocycles. The minimum atomic E-state index is 0. The van der Waals surface area contributed by atoms with Crippen LogP contribution in [-0.2, 0) is 39.8 Å². The van der Waals surface area contributed by atoms with Gasteiger partial charge in [0.05, 0.1) is 5.69 Å². The third kappa shape index (κ3) is 2.71. The van der Waals surface area contributed by atoms with Crippen LogP contribution >= 0.6 is 11.8 Å². The fraction of sp³-hybridized carbons (Fsp3) is 0.182. The van der Waals surface area contributed by atoms with Crippen LogP contribution < -0.4 is 9.55 Å². The maximum absolute atomic E-state index is 4.35. The van der Waals surface area contributed by atoms with E-state index in [-0.39, 0.29) is 32.7 Å². The summed E-state index contributed by atoms with van der Waals surface area (Å²) in [5, 5.41) is 0. The van der Waals surface area contributed by atoms with Gasteiger partial charge >= 0.3 is 0 Å². The van der Waals surface area contributed by atoms with Crippen LogP contribution in [0.2, 0.25) is 0 Å². The van der Waals surface area contributed by atoms with Gasteiger partial charge in [-0.15, -0.1) is 17.8 Å². The molecule has 0 amide bonds. The van der Waals surface area contributed by atoms with E-state index in [1.807, 2.05) is 42.2 Å². The van der Waals surface area contributed by atoms with Gasteiger partial charge in [-0.1, -0.05) is 17.0 Å². The number of hydrogen-bond donors (Lipinski definition) is 0. The van der Waals surface area contributed by atoms with E-state index < -0.39 is 0 Å². The Hall–Kier alpha value is -0.116. The van der Waals surface area contributed by atoms with Gasteiger partial charge in [-0.3, -0.25) is 0 Å². The van der Waals surface area contributed by atoms with Gasteiger partial charge in [0.15, 0.2) is 0 Å². The van der Waals surface area contributed by atoms with Crippen molar-refractivity contribution < 1.29 is 37.3 Å². The molecule has 2 aromatic heterocycles. The molecule has 0 N–H and O–H groups in total. The molecular formula is C11H11N2SY-. The molecule has 4 heteroatoms. The summed E-state index contributed by atoms with van der Waals surface area (Å²) in [6.07, 6.45) is 5.90. The van der Waals surface area contributed by atoms with Crippen LogP contribution in [0.5, 0.6) is 0 Å². The molecule has 1 radical (unpaired) electrons. The van der Waals surface area contributed by atoms with Crippen LogP contribution in [0.3, 0.4) is 0 Å². The molecule has 0 fully saturated rings. The van der Waals surface area contributed by atoms with Crippen molar-refractivity contribution in [3.63, 3.8) is 0 Å². The van der Waals surface area contributed by atoms with Gasteiger partial charge in [0.2, 0.25) is 0 Å². The first-order valence-electron chi connectivity index (χ1n) is 4.35. The maximum Gasteiger partial charge on any atom is 0.135 e. The molecule has 0 atom stereocenters. The fourth-order valence-corrected chi connectivity index (χ4v) is 1.92. The number of pyridine rings is 1. The van der Waals surface area contributed by atoms with Crippen molar-refractivity contribution in [3.8, 4) is 11.4 Å². The van der Waals surface area contributed by atoms with Gasteiger partial charge in [-0.25, -0.2) is 4.57 Å². The van der Waals surface area contributed by atoms with Gasteiger partial charge < -0.3 is 4.98 Å². The zero-order chi connectivity index (χ0) is 9.97. The summed E-state index contributed by atoms with van der Waals surface area (Å²) in [5.41, 5.74) is 2.04. The average Bonchev–Trinajstić information content (AvgIpc) is 2.66. The van der Waals surface area contributed by atoms with Crippen molar-refractivity contribution in [1.29, 1.82) is 0 Å². The standard InChI is InChI=1S/C11H11N2S.Y/c1-13-8-4-3-5-9(13)11-10(14-2)6-7-12-11;/h3-4,6-8H,1-2H3;/q-1;. The molecule has 0 saturated heterocycles. The predicted octanol–water partition coefficient (Wildman–Crippen LogP) is 1.65. The number of thioether (sulfide) groups is 1. The van der Waals surface area contributed by atoms with E-state index in [0.717, 1.165) is 11.4 Å². The van der Waals surface area contributed by atoms with Gasteiger partial charge in [0.1, 0.15) is 13.2 Å².